The molecule has 4 nitrogen and oxygen atoms in total. The summed E-state index contributed by atoms with van der Waals surface area (Å²) in [6, 6.07) is 0.636. The lowest BCUT2D eigenvalue weighted by molar-refractivity contribution is 0.182. The number of ether oxygens (including phenoxy) is 1. The molecule has 1 aliphatic carbocycles. The van der Waals surface area contributed by atoms with E-state index in [0.717, 1.165) is 42.6 Å². The van der Waals surface area contributed by atoms with Gasteiger partial charge >= 0.3 is 0 Å². The van der Waals surface area contributed by atoms with Crippen molar-refractivity contribution in [2.24, 2.45) is 5.92 Å². The molecular weight excluding hydrogens is 274 g/mol. The van der Waals surface area contributed by atoms with E-state index in [2.05, 4.69) is 17.3 Å². The summed E-state index contributed by atoms with van der Waals surface area (Å²) in [5.41, 5.74) is 1.15. The molecule has 2 rings (SSSR count). The zero-order chi connectivity index (χ0) is 14.4. The van der Waals surface area contributed by atoms with Gasteiger partial charge in [0, 0.05) is 13.2 Å². The molecule has 1 aliphatic rings. The third-order valence-electron chi connectivity index (χ3n) is 3.94. The summed E-state index contributed by atoms with van der Waals surface area (Å²) in [5, 5.41) is 8.80. The molecule has 0 aliphatic heterocycles. The Hall–Kier alpha value is -0.580. The van der Waals surface area contributed by atoms with Gasteiger partial charge < -0.3 is 10.1 Å². The molecule has 0 spiro atoms. The van der Waals surface area contributed by atoms with Crippen molar-refractivity contribution in [3.8, 4) is 0 Å². The van der Waals surface area contributed by atoms with E-state index in [0.29, 0.717) is 12.6 Å². The fourth-order valence-corrected chi connectivity index (χ4v) is 2.87. The zero-order valence-corrected chi connectivity index (χ0v) is 13.3. The maximum Gasteiger partial charge on any atom is 0.0817 e. The second-order valence-corrected chi connectivity index (χ2v) is 6.00. The Bertz CT molecular complexity index is 404. The maximum atomic E-state index is 6.26. The van der Waals surface area contributed by atoms with E-state index in [9.17, 15) is 0 Å². The summed E-state index contributed by atoms with van der Waals surface area (Å²) in [5.74, 6) is 0.871. The highest BCUT2D eigenvalue weighted by Crippen LogP contribution is 2.34. The second kappa shape index (κ2) is 8.01. The summed E-state index contributed by atoms with van der Waals surface area (Å²) < 4.78 is 7.10. The fraction of sp³-hybridized carbons (Fsp3) is 0.800. The van der Waals surface area contributed by atoms with Gasteiger partial charge in [0.15, 0.2) is 0 Å². The molecule has 1 aromatic rings. The molecule has 0 saturated heterocycles. The minimum Gasteiger partial charge on any atom is -0.383 e. The van der Waals surface area contributed by atoms with Crippen LogP contribution in [-0.2, 0) is 17.7 Å². The Morgan fingerprint density at radius 3 is 3.00 bits per heavy atom. The van der Waals surface area contributed by atoms with Gasteiger partial charge in [-0.1, -0.05) is 18.5 Å². The summed E-state index contributed by atoms with van der Waals surface area (Å²) >= 11 is 6.26. The average Bonchev–Trinajstić information content (AvgIpc) is 3.23. The predicted octanol–water partition coefficient (Wildman–Crippen LogP) is 2.89. The van der Waals surface area contributed by atoms with Crippen molar-refractivity contribution in [1.29, 1.82) is 0 Å². The molecular formula is C15H26ClN3O. The van der Waals surface area contributed by atoms with Gasteiger partial charge in [-0.05, 0) is 44.6 Å². The highest BCUT2D eigenvalue weighted by Gasteiger charge is 2.30. The monoisotopic (exact) mass is 299 g/mol. The van der Waals surface area contributed by atoms with Gasteiger partial charge in [0.05, 0.1) is 30.1 Å². The quantitative estimate of drug-likeness (QED) is 0.722. The standard InChI is InChI=1S/C15H26ClN3O/c1-3-8-17-14(12-4-5-12)6-7-15-13(16)11-18-19(15)9-10-20-2/h11-12,14,17H,3-10H2,1-2H3. The molecule has 114 valence electrons. The number of methoxy groups -OCH3 is 1. The minimum absolute atomic E-state index is 0.636. The number of aromatic nitrogens is 2. The molecule has 1 saturated carbocycles. The zero-order valence-electron chi connectivity index (χ0n) is 12.6. The first-order valence-corrected chi connectivity index (χ1v) is 8.06. The van der Waals surface area contributed by atoms with Gasteiger partial charge in [0.25, 0.3) is 0 Å². The highest BCUT2D eigenvalue weighted by atomic mass is 35.5. The van der Waals surface area contributed by atoms with Gasteiger partial charge in [-0.3, -0.25) is 4.68 Å². The van der Waals surface area contributed by atoms with Gasteiger partial charge in [-0.2, -0.15) is 5.10 Å². The van der Waals surface area contributed by atoms with Crippen LogP contribution < -0.4 is 5.32 Å². The van der Waals surface area contributed by atoms with Crippen LogP contribution in [0, 0.1) is 5.92 Å². The molecule has 0 aromatic carbocycles. The van der Waals surface area contributed by atoms with Crippen LogP contribution in [0.3, 0.4) is 0 Å². The van der Waals surface area contributed by atoms with E-state index in [1.54, 1.807) is 13.3 Å². The van der Waals surface area contributed by atoms with E-state index >= 15 is 0 Å². The molecule has 20 heavy (non-hydrogen) atoms. The number of rotatable bonds is 10. The van der Waals surface area contributed by atoms with Gasteiger partial charge in [-0.25, -0.2) is 0 Å². The first-order valence-electron chi connectivity index (χ1n) is 7.68. The Morgan fingerprint density at radius 2 is 2.35 bits per heavy atom. The Kier molecular flexibility index (Phi) is 6.33. The minimum atomic E-state index is 0.636. The summed E-state index contributed by atoms with van der Waals surface area (Å²) in [4.78, 5) is 0. The lowest BCUT2D eigenvalue weighted by Crippen LogP contribution is -2.32. The van der Waals surface area contributed by atoms with Crippen molar-refractivity contribution in [2.45, 2.75) is 51.6 Å². The molecule has 0 bridgehead atoms. The van der Waals surface area contributed by atoms with Crippen LogP contribution in [0.25, 0.3) is 0 Å². The smallest absolute Gasteiger partial charge is 0.0817 e. The molecule has 0 radical (unpaired) electrons. The van der Waals surface area contributed by atoms with Crippen molar-refractivity contribution >= 4 is 11.6 Å². The number of nitrogens with zero attached hydrogens (tertiary/aromatic N) is 2. The van der Waals surface area contributed by atoms with E-state index in [1.165, 1.54) is 19.3 Å². The van der Waals surface area contributed by atoms with Crippen molar-refractivity contribution in [2.75, 3.05) is 20.3 Å². The average molecular weight is 300 g/mol. The Balaban J connectivity index is 1.89. The maximum absolute atomic E-state index is 6.26. The number of nitrogens with one attached hydrogen (secondary N) is 1. The number of halogens is 1. The molecule has 1 unspecified atom stereocenters. The third-order valence-corrected chi connectivity index (χ3v) is 4.26. The van der Waals surface area contributed by atoms with Crippen LogP contribution in [0.4, 0.5) is 0 Å². The van der Waals surface area contributed by atoms with E-state index in [1.807, 2.05) is 4.68 Å². The molecule has 0 amide bonds. The first-order chi connectivity index (χ1) is 9.76. The van der Waals surface area contributed by atoms with Crippen LogP contribution in [0.2, 0.25) is 5.02 Å². The summed E-state index contributed by atoms with van der Waals surface area (Å²) in [6.07, 6.45) is 7.81. The van der Waals surface area contributed by atoms with Crippen molar-refractivity contribution in [3.05, 3.63) is 16.9 Å². The summed E-state index contributed by atoms with van der Waals surface area (Å²) in [6.45, 7) is 4.77. The van der Waals surface area contributed by atoms with Crippen LogP contribution in [0.15, 0.2) is 6.20 Å². The SMILES string of the molecule is CCCNC(CCc1c(Cl)cnn1CCOC)C1CC1. The molecule has 1 fully saturated rings. The van der Waals surface area contributed by atoms with Crippen molar-refractivity contribution in [3.63, 3.8) is 0 Å². The first kappa shape index (κ1) is 15.8. The normalized spacial score (nSPS) is 16.6. The van der Waals surface area contributed by atoms with Crippen LogP contribution in [0.1, 0.15) is 38.3 Å². The van der Waals surface area contributed by atoms with E-state index in [4.69, 9.17) is 16.3 Å². The van der Waals surface area contributed by atoms with Crippen LogP contribution in [-0.4, -0.2) is 36.1 Å². The fourth-order valence-electron chi connectivity index (χ4n) is 2.63. The molecule has 1 N–H and O–H groups in total. The van der Waals surface area contributed by atoms with Crippen molar-refractivity contribution < 1.29 is 4.74 Å². The number of hydrogen-bond donors (Lipinski definition) is 1. The third kappa shape index (κ3) is 4.47. The Labute approximate surface area is 126 Å². The van der Waals surface area contributed by atoms with Gasteiger partial charge in [0.1, 0.15) is 0 Å². The topological polar surface area (TPSA) is 39.1 Å². The van der Waals surface area contributed by atoms with Crippen LogP contribution in [0.5, 0.6) is 0 Å². The lowest BCUT2D eigenvalue weighted by atomic mass is 10.0. The molecule has 1 heterocycles. The molecule has 1 aromatic heterocycles. The second-order valence-electron chi connectivity index (χ2n) is 5.59. The Morgan fingerprint density at radius 1 is 1.55 bits per heavy atom. The van der Waals surface area contributed by atoms with Crippen molar-refractivity contribution in [1.82, 2.24) is 15.1 Å². The van der Waals surface area contributed by atoms with E-state index in [-0.39, 0.29) is 0 Å². The van der Waals surface area contributed by atoms with Gasteiger partial charge in [-0.15, -0.1) is 0 Å². The number of hydrogen-bond acceptors (Lipinski definition) is 3. The van der Waals surface area contributed by atoms with E-state index < -0.39 is 0 Å². The summed E-state index contributed by atoms with van der Waals surface area (Å²) in [7, 11) is 1.71. The lowest BCUT2D eigenvalue weighted by Gasteiger charge is -2.18. The van der Waals surface area contributed by atoms with Crippen LogP contribution >= 0.6 is 11.6 Å². The molecule has 1 atom stereocenters. The van der Waals surface area contributed by atoms with Gasteiger partial charge in [0.2, 0.25) is 0 Å². The largest absolute Gasteiger partial charge is 0.383 e. The molecule has 5 heteroatoms. The predicted molar refractivity (Wildman–Crippen MR) is 82.2 cm³/mol. The highest BCUT2D eigenvalue weighted by molar-refractivity contribution is 6.31.